The third-order valence-electron chi connectivity index (χ3n) is 4.71. The molecule has 0 bridgehead atoms. The largest absolute Gasteiger partial charge is 0.377 e. The molecule has 3 fully saturated rings. The van der Waals surface area contributed by atoms with E-state index in [2.05, 4.69) is 10.2 Å². The zero-order chi connectivity index (χ0) is 13.6. The average molecular weight is 282 g/mol. The fourth-order valence-corrected chi connectivity index (χ4v) is 3.23. The number of nitrogens with zero attached hydrogens (tertiary/aromatic N) is 1. The second-order valence-electron chi connectivity index (χ2n) is 6.62. The molecule has 3 rings (SSSR count). The minimum atomic E-state index is 0.336. The van der Waals surface area contributed by atoms with Crippen LogP contribution in [0.25, 0.3) is 0 Å². The SMILES string of the molecule is C1CCN(CCOCC2CCC(CNC3CC3)O2)CC1. The summed E-state index contributed by atoms with van der Waals surface area (Å²) in [7, 11) is 0. The highest BCUT2D eigenvalue weighted by Crippen LogP contribution is 2.22. The second-order valence-corrected chi connectivity index (χ2v) is 6.62. The smallest absolute Gasteiger partial charge is 0.0813 e. The van der Waals surface area contributed by atoms with Gasteiger partial charge in [-0.15, -0.1) is 0 Å². The van der Waals surface area contributed by atoms with Crippen LogP contribution in [-0.2, 0) is 9.47 Å². The summed E-state index contributed by atoms with van der Waals surface area (Å²) in [5.74, 6) is 0. The molecule has 2 saturated heterocycles. The number of rotatable bonds is 8. The van der Waals surface area contributed by atoms with Crippen LogP contribution in [0, 0.1) is 0 Å². The van der Waals surface area contributed by atoms with Gasteiger partial charge in [0.1, 0.15) is 0 Å². The number of piperidine rings is 1. The summed E-state index contributed by atoms with van der Waals surface area (Å²) in [6.45, 7) is 6.31. The first-order chi connectivity index (χ1) is 9.90. The van der Waals surface area contributed by atoms with E-state index in [9.17, 15) is 0 Å². The van der Waals surface area contributed by atoms with Gasteiger partial charge in [-0.2, -0.15) is 0 Å². The van der Waals surface area contributed by atoms with E-state index in [1.54, 1.807) is 0 Å². The van der Waals surface area contributed by atoms with Crippen molar-refractivity contribution in [3.8, 4) is 0 Å². The molecule has 4 heteroatoms. The van der Waals surface area contributed by atoms with Crippen LogP contribution in [0.5, 0.6) is 0 Å². The molecule has 2 heterocycles. The summed E-state index contributed by atoms with van der Waals surface area (Å²) in [5, 5.41) is 3.56. The van der Waals surface area contributed by atoms with Crippen molar-refractivity contribution in [2.75, 3.05) is 39.4 Å². The van der Waals surface area contributed by atoms with E-state index in [-0.39, 0.29) is 0 Å². The molecule has 4 nitrogen and oxygen atoms in total. The number of ether oxygens (including phenoxy) is 2. The van der Waals surface area contributed by atoms with Gasteiger partial charge < -0.3 is 19.7 Å². The third-order valence-corrected chi connectivity index (χ3v) is 4.71. The summed E-state index contributed by atoms with van der Waals surface area (Å²) in [6, 6.07) is 0.790. The predicted molar refractivity (Wildman–Crippen MR) is 80.0 cm³/mol. The molecule has 2 unspecified atom stereocenters. The lowest BCUT2D eigenvalue weighted by atomic mass is 10.1. The Hall–Kier alpha value is -0.160. The summed E-state index contributed by atoms with van der Waals surface area (Å²) >= 11 is 0. The Morgan fingerprint density at radius 3 is 2.60 bits per heavy atom. The van der Waals surface area contributed by atoms with Crippen LogP contribution in [0.2, 0.25) is 0 Å². The van der Waals surface area contributed by atoms with Crippen molar-refractivity contribution >= 4 is 0 Å². The fourth-order valence-electron chi connectivity index (χ4n) is 3.23. The molecular formula is C16H30N2O2. The normalized spacial score (nSPS) is 31.8. The van der Waals surface area contributed by atoms with Crippen LogP contribution in [-0.4, -0.2) is 62.5 Å². The van der Waals surface area contributed by atoms with E-state index < -0.39 is 0 Å². The lowest BCUT2D eigenvalue weighted by Crippen LogP contribution is -2.33. The first-order valence-electron chi connectivity index (χ1n) is 8.59. The Bertz CT molecular complexity index is 278. The number of likely N-dealkylation sites (tertiary alicyclic amines) is 1. The van der Waals surface area contributed by atoms with E-state index in [0.717, 1.165) is 32.3 Å². The van der Waals surface area contributed by atoms with Crippen molar-refractivity contribution in [1.29, 1.82) is 0 Å². The van der Waals surface area contributed by atoms with Gasteiger partial charge in [-0.25, -0.2) is 0 Å². The highest BCUT2D eigenvalue weighted by atomic mass is 16.5. The minimum Gasteiger partial charge on any atom is -0.377 e. The van der Waals surface area contributed by atoms with Crippen molar-refractivity contribution in [1.82, 2.24) is 10.2 Å². The second kappa shape index (κ2) is 7.74. The topological polar surface area (TPSA) is 33.7 Å². The zero-order valence-electron chi connectivity index (χ0n) is 12.7. The number of hydrogen-bond acceptors (Lipinski definition) is 4. The summed E-state index contributed by atoms with van der Waals surface area (Å²) < 4.78 is 11.9. The molecule has 0 aromatic heterocycles. The van der Waals surface area contributed by atoms with Crippen molar-refractivity contribution in [3.63, 3.8) is 0 Å². The average Bonchev–Trinajstić information content (AvgIpc) is 3.21. The van der Waals surface area contributed by atoms with Crippen LogP contribution >= 0.6 is 0 Å². The molecule has 0 amide bonds. The summed E-state index contributed by atoms with van der Waals surface area (Å²) in [5.41, 5.74) is 0. The maximum Gasteiger partial charge on any atom is 0.0813 e. The van der Waals surface area contributed by atoms with E-state index in [4.69, 9.17) is 9.47 Å². The predicted octanol–water partition coefficient (Wildman–Crippen LogP) is 1.79. The van der Waals surface area contributed by atoms with Gasteiger partial charge in [0.05, 0.1) is 25.4 Å². The van der Waals surface area contributed by atoms with Crippen molar-refractivity contribution in [2.45, 2.75) is 63.2 Å². The molecule has 0 radical (unpaired) electrons. The third kappa shape index (κ3) is 4.99. The van der Waals surface area contributed by atoms with E-state index >= 15 is 0 Å². The Labute approximate surface area is 123 Å². The van der Waals surface area contributed by atoms with Crippen molar-refractivity contribution in [3.05, 3.63) is 0 Å². The molecule has 2 atom stereocenters. The molecule has 1 N–H and O–H groups in total. The van der Waals surface area contributed by atoms with Gasteiger partial charge in [0.15, 0.2) is 0 Å². The van der Waals surface area contributed by atoms with Gasteiger partial charge in [0.2, 0.25) is 0 Å². The Kier molecular flexibility index (Phi) is 5.71. The van der Waals surface area contributed by atoms with E-state index in [0.29, 0.717) is 12.2 Å². The summed E-state index contributed by atoms with van der Waals surface area (Å²) in [6.07, 6.45) is 9.96. The lowest BCUT2D eigenvalue weighted by molar-refractivity contribution is -0.0188. The van der Waals surface area contributed by atoms with Crippen LogP contribution in [0.4, 0.5) is 0 Å². The molecule has 1 aliphatic carbocycles. The fraction of sp³-hybridized carbons (Fsp3) is 1.00. The highest BCUT2D eigenvalue weighted by Gasteiger charge is 2.28. The van der Waals surface area contributed by atoms with Crippen LogP contribution in [0.1, 0.15) is 44.9 Å². The van der Waals surface area contributed by atoms with Crippen molar-refractivity contribution < 1.29 is 9.47 Å². The minimum absolute atomic E-state index is 0.336. The van der Waals surface area contributed by atoms with Crippen LogP contribution < -0.4 is 5.32 Å². The molecular weight excluding hydrogens is 252 g/mol. The van der Waals surface area contributed by atoms with Crippen LogP contribution in [0.15, 0.2) is 0 Å². The molecule has 0 aromatic carbocycles. The quantitative estimate of drug-likeness (QED) is 0.688. The zero-order valence-corrected chi connectivity index (χ0v) is 12.7. The van der Waals surface area contributed by atoms with Gasteiger partial charge in [-0.1, -0.05) is 6.42 Å². The molecule has 1 saturated carbocycles. The first-order valence-corrected chi connectivity index (χ1v) is 8.59. The molecule has 0 aromatic rings. The number of hydrogen-bond donors (Lipinski definition) is 1. The number of nitrogens with one attached hydrogen (secondary N) is 1. The Morgan fingerprint density at radius 1 is 1.00 bits per heavy atom. The molecule has 20 heavy (non-hydrogen) atoms. The monoisotopic (exact) mass is 282 g/mol. The van der Waals surface area contributed by atoms with Gasteiger partial charge in [-0.3, -0.25) is 0 Å². The molecule has 116 valence electrons. The van der Waals surface area contributed by atoms with Crippen molar-refractivity contribution in [2.24, 2.45) is 0 Å². The van der Waals surface area contributed by atoms with E-state index in [1.165, 1.54) is 58.0 Å². The molecule has 0 spiro atoms. The molecule has 3 aliphatic rings. The Balaban J connectivity index is 1.20. The maximum atomic E-state index is 6.03. The highest BCUT2D eigenvalue weighted by molar-refractivity contribution is 4.84. The van der Waals surface area contributed by atoms with Gasteiger partial charge in [0, 0.05) is 19.1 Å². The molecule has 2 aliphatic heterocycles. The maximum absolute atomic E-state index is 6.03. The van der Waals surface area contributed by atoms with Gasteiger partial charge in [-0.05, 0) is 51.6 Å². The Morgan fingerprint density at radius 2 is 1.80 bits per heavy atom. The van der Waals surface area contributed by atoms with Crippen LogP contribution in [0.3, 0.4) is 0 Å². The summed E-state index contributed by atoms with van der Waals surface area (Å²) in [4.78, 5) is 2.53. The van der Waals surface area contributed by atoms with Gasteiger partial charge >= 0.3 is 0 Å². The van der Waals surface area contributed by atoms with E-state index in [1.807, 2.05) is 0 Å². The lowest BCUT2D eigenvalue weighted by Gasteiger charge is -2.26. The first kappa shape index (κ1) is 14.8. The van der Waals surface area contributed by atoms with Gasteiger partial charge in [0.25, 0.3) is 0 Å². The standard InChI is InChI=1S/C16H30N2O2/c1-2-8-18(9-3-1)10-11-19-13-16-7-6-15(20-16)12-17-14-4-5-14/h14-17H,1-13H2.